The topological polar surface area (TPSA) is 88.5 Å². The maximum Gasteiger partial charge on any atom is 0.251 e. The third-order valence-electron chi connectivity index (χ3n) is 4.12. The number of halogens is 1. The second kappa shape index (κ2) is 7.73. The van der Waals surface area contributed by atoms with E-state index in [2.05, 4.69) is 21.2 Å². The molecule has 0 saturated carbocycles. The van der Waals surface area contributed by atoms with Crippen molar-refractivity contribution in [3.05, 3.63) is 57.4 Å². The average Bonchev–Trinajstić information content (AvgIpc) is 3.14. The van der Waals surface area contributed by atoms with Crippen LogP contribution in [0.4, 0.5) is 5.69 Å². The van der Waals surface area contributed by atoms with Crippen molar-refractivity contribution in [3.8, 4) is 0 Å². The maximum atomic E-state index is 12.6. The predicted octanol–water partition coefficient (Wildman–Crippen LogP) is 2.03. The Kier molecular flexibility index (Phi) is 5.59. The Labute approximate surface area is 159 Å². The Bertz CT molecular complexity index is 981. The number of hydrogen-bond acceptors (Lipinski definition) is 4. The number of para-hydroxylation sites is 1. The van der Waals surface area contributed by atoms with Crippen LogP contribution < -0.4 is 10.9 Å². The van der Waals surface area contributed by atoms with E-state index in [9.17, 15) is 18.0 Å². The highest BCUT2D eigenvalue weighted by Crippen LogP contribution is 2.21. The Hall–Kier alpha value is -1.97. The first kappa shape index (κ1) is 18.8. The Morgan fingerprint density at radius 1 is 1.12 bits per heavy atom. The highest BCUT2D eigenvalue weighted by molar-refractivity contribution is 9.10. The van der Waals surface area contributed by atoms with Crippen molar-refractivity contribution in [2.24, 2.45) is 0 Å². The number of anilines is 1. The summed E-state index contributed by atoms with van der Waals surface area (Å²) in [6, 6.07) is 9.56. The molecule has 0 spiro atoms. The SMILES string of the molecule is O=C(Cn1cc(S(=O)(=O)N2CCCC2)ccc1=O)Nc1ccccc1Br. The quantitative estimate of drug-likeness (QED) is 0.771. The fourth-order valence-corrected chi connectivity index (χ4v) is 4.69. The van der Waals surface area contributed by atoms with Gasteiger partial charge in [0.25, 0.3) is 5.56 Å². The second-order valence-corrected chi connectivity index (χ2v) is 8.76. The number of nitrogens with zero attached hydrogens (tertiary/aromatic N) is 2. The van der Waals surface area contributed by atoms with Gasteiger partial charge in [-0.15, -0.1) is 0 Å². The molecule has 1 aromatic carbocycles. The van der Waals surface area contributed by atoms with Crippen LogP contribution in [0.25, 0.3) is 0 Å². The van der Waals surface area contributed by atoms with Crippen LogP contribution in [-0.2, 0) is 21.4 Å². The molecular formula is C17H18BrN3O4S. The van der Waals surface area contributed by atoms with E-state index < -0.39 is 21.5 Å². The van der Waals surface area contributed by atoms with Gasteiger partial charge in [-0.3, -0.25) is 9.59 Å². The van der Waals surface area contributed by atoms with Crippen molar-refractivity contribution < 1.29 is 13.2 Å². The van der Waals surface area contributed by atoms with Crippen molar-refractivity contribution in [1.82, 2.24) is 8.87 Å². The van der Waals surface area contributed by atoms with Gasteiger partial charge in [-0.1, -0.05) is 12.1 Å². The van der Waals surface area contributed by atoms with Gasteiger partial charge in [-0.05, 0) is 47.0 Å². The molecule has 1 aliphatic rings. The molecule has 1 aliphatic heterocycles. The molecule has 1 saturated heterocycles. The van der Waals surface area contributed by atoms with Crippen LogP contribution in [0.15, 0.2) is 56.8 Å². The van der Waals surface area contributed by atoms with E-state index >= 15 is 0 Å². The molecule has 0 radical (unpaired) electrons. The van der Waals surface area contributed by atoms with Crippen molar-refractivity contribution >= 4 is 37.5 Å². The van der Waals surface area contributed by atoms with Gasteiger partial charge in [0.1, 0.15) is 6.54 Å². The molecule has 1 aromatic heterocycles. The summed E-state index contributed by atoms with van der Waals surface area (Å²) in [4.78, 5) is 24.3. The van der Waals surface area contributed by atoms with Gasteiger partial charge in [0.2, 0.25) is 15.9 Å². The summed E-state index contributed by atoms with van der Waals surface area (Å²) in [7, 11) is -3.64. The number of carbonyl (C=O) groups excluding carboxylic acids is 1. The lowest BCUT2D eigenvalue weighted by Gasteiger charge is -2.16. The summed E-state index contributed by atoms with van der Waals surface area (Å²) in [5, 5.41) is 2.69. The van der Waals surface area contributed by atoms with Gasteiger partial charge < -0.3 is 9.88 Å². The standard InChI is InChI=1S/C17H18BrN3O4S/c18-14-5-1-2-6-15(14)19-16(22)12-20-11-13(7-8-17(20)23)26(24,25)21-9-3-4-10-21/h1-2,5-8,11H,3-4,9-10,12H2,(H,19,22). The van der Waals surface area contributed by atoms with Crippen LogP contribution >= 0.6 is 15.9 Å². The fraction of sp³-hybridized carbons (Fsp3) is 0.294. The number of carbonyl (C=O) groups is 1. The first-order valence-electron chi connectivity index (χ1n) is 8.13. The first-order valence-corrected chi connectivity index (χ1v) is 10.4. The van der Waals surface area contributed by atoms with Crippen molar-refractivity contribution in [2.45, 2.75) is 24.3 Å². The molecule has 1 N–H and O–H groups in total. The van der Waals surface area contributed by atoms with E-state index in [0.29, 0.717) is 23.2 Å². The van der Waals surface area contributed by atoms with E-state index in [-0.39, 0.29) is 11.4 Å². The number of benzene rings is 1. The van der Waals surface area contributed by atoms with E-state index in [4.69, 9.17) is 0 Å². The zero-order chi connectivity index (χ0) is 18.7. The van der Waals surface area contributed by atoms with Crippen molar-refractivity contribution in [2.75, 3.05) is 18.4 Å². The van der Waals surface area contributed by atoms with Crippen molar-refractivity contribution in [1.29, 1.82) is 0 Å². The number of sulfonamides is 1. The molecule has 7 nitrogen and oxygen atoms in total. The van der Waals surface area contributed by atoms with E-state index in [1.54, 1.807) is 18.2 Å². The third kappa shape index (κ3) is 4.05. The van der Waals surface area contributed by atoms with Gasteiger partial charge >= 0.3 is 0 Å². The minimum atomic E-state index is -3.64. The molecule has 138 valence electrons. The lowest BCUT2D eigenvalue weighted by atomic mass is 10.3. The van der Waals surface area contributed by atoms with Gasteiger partial charge in [0.15, 0.2) is 0 Å². The molecule has 0 bridgehead atoms. The Balaban J connectivity index is 1.81. The predicted molar refractivity (Wildman–Crippen MR) is 101 cm³/mol. The molecule has 0 aliphatic carbocycles. The molecule has 9 heteroatoms. The maximum absolute atomic E-state index is 12.6. The lowest BCUT2D eigenvalue weighted by Crippen LogP contribution is -2.31. The van der Waals surface area contributed by atoms with E-state index in [1.807, 2.05) is 6.07 Å². The van der Waals surface area contributed by atoms with Crippen molar-refractivity contribution in [3.63, 3.8) is 0 Å². The number of pyridine rings is 1. The van der Waals surface area contributed by atoms with E-state index in [0.717, 1.165) is 17.4 Å². The van der Waals surface area contributed by atoms with Gasteiger partial charge in [-0.25, -0.2) is 8.42 Å². The summed E-state index contributed by atoms with van der Waals surface area (Å²) in [6.45, 7) is 0.678. The molecule has 3 rings (SSSR count). The second-order valence-electron chi connectivity index (χ2n) is 5.97. The molecule has 2 heterocycles. The molecular weight excluding hydrogens is 422 g/mol. The number of rotatable bonds is 5. The van der Waals surface area contributed by atoms with Crippen LogP contribution in [0.2, 0.25) is 0 Å². The summed E-state index contributed by atoms with van der Waals surface area (Å²) < 4.78 is 28.5. The minimum absolute atomic E-state index is 0.0210. The van der Waals surface area contributed by atoms with Crippen LogP contribution in [0.5, 0.6) is 0 Å². The lowest BCUT2D eigenvalue weighted by molar-refractivity contribution is -0.116. The Morgan fingerprint density at radius 2 is 1.81 bits per heavy atom. The van der Waals surface area contributed by atoms with Gasteiger partial charge in [-0.2, -0.15) is 4.31 Å². The average molecular weight is 440 g/mol. The fourth-order valence-electron chi connectivity index (χ4n) is 2.77. The number of aromatic nitrogens is 1. The number of nitrogens with one attached hydrogen (secondary N) is 1. The monoisotopic (exact) mass is 439 g/mol. The van der Waals surface area contributed by atoms with E-state index in [1.165, 1.54) is 22.6 Å². The Morgan fingerprint density at radius 3 is 2.50 bits per heavy atom. The van der Waals surface area contributed by atoms with Crippen LogP contribution in [-0.4, -0.2) is 36.3 Å². The first-order chi connectivity index (χ1) is 12.4. The summed E-state index contributed by atoms with van der Waals surface area (Å²) in [5.41, 5.74) is 0.138. The highest BCUT2D eigenvalue weighted by atomic mass is 79.9. The molecule has 26 heavy (non-hydrogen) atoms. The van der Waals surface area contributed by atoms with Crippen LogP contribution in [0, 0.1) is 0 Å². The molecule has 1 fully saturated rings. The third-order valence-corrected chi connectivity index (χ3v) is 6.69. The van der Waals surface area contributed by atoms with Gasteiger partial charge in [0, 0.05) is 29.8 Å². The zero-order valence-corrected chi connectivity index (χ0v) is 16.3. The number of amides is 1. The molecule has 0 atom stereocenters. The smallest absolute Gasteiger partial charge is 0.251 e. The number of hydrogen-bond donors (Lipinski definition) is 1. The van der Waals surface area contributed by atoms with Crippen LogP contribution in [0.3, 0.4) is 0 Å². The summed E-state index contributed by atoms with van der Waals surface area (Å²) >= 11 is 3.33. The molecule has 1 amide bonds. The largest absolute Gasteiger partial charge is 0.324 e. The molecule has 0 unspecified atom stereocenters. The summed E-state index contributed by atoms with van der Waals surface area (Å²) in [5.74, 6) is -0.422. The highest BCUT2D eigenvalue weighted by Gasteiger charge is 2.27. The minimum Gasteiger partial charge on any atom is -0.324 e. The van der Waals surface area contributed by atoms with Crippen LogP contribution in [0.1, 0.15) is 12.8 Å². The van der Waals surface area contributed by atoms with Gasteiger partial charge in [0.05, 0.1) is 10.6 Å². The zero-order valence-electron chi connectivity index (χ0n) is 13.9. The normalized spacial score (nSPS) is 15.1. The summed E-state index contributed by atoms with van der Waals surface area (Å²) in [6.07, 6.45) is 2.88. The molecule has 2 aromatic rings.